The predicted octanol–water partition coefficient (Wildman–Crippen LogP) is 6.72. The maximum atomic E-state index is 11.6. The van der Waals surface area contributed by atoms with Crippen LogP contribution in [0.5, 0.6) is 11.5 Å². The zero-order valence-electron chi connectivity index (χ0n) is 22.2. The third kappa shape index (κ3) is 7.87. The molecule has 4 aromatic rings. The first-order chi connectivity index (χ1) is 19.8. The normalized spacial score (nSPS) is 12.3. The number of ether oxygens (including phenoxy) is 2. The molecule has 0 saturated carbocycles. The van der Waals surface area contributed by atoms with E-state index in [1.165, 1.54) is 6.92 Å². The van der Waals surface area contributed by atoms with Gasteiger partial charge in [-0.25, -0.2) is 0 Å². The molecule has 2 atom stereocenters. The van der Waals surface area contributed by atoms with E-state index >= 15 is 0 Å². The van der Waals surface area contributed by atoms with Crippen molar-refractivity contribution in [2.75, 3.05) is 0 Å². The van der Waals surface area contributed by atoms with Gasteiger partial charge in [0.1, 0.15) is 30.8 Å². The van der Waals surface area contributed by atoms with Crippen LogP contribution in [0.2, 0.25) is 5.02 Å². The Bertz CT molecular complexity index is 1560. The van der Waals surface area contributed by atoms with Gasteiger partial charge < -0.3 is 19.7 Å². The number of carboxylic acids is 1. The maximum Gasteiger partial charge on any atom is 0.323 e. The molecule has 0 heterocycles. The van der Waals surface area contributed by atoms with Crippen molar-refractivity contribution in [3.8, 4) is 28.7 Å². The third-order valence-corrected chi connectivity index (χ3v) is 7.60. The lowest BCUT2D eigenvalue weighted by Gasteiger charge is -2.20. The molecule has 0 amide bonds. The number of benzene rings is 4. The lowest BCUT2D eigenvalue weighted by molar-refractivity contribution is -0.142. The second-order valence-corrected chi connectivity index (χ2v) is 10.6. The van der Waals surface area contributed by atoms with Crippen LogP contribution in [0.15, 0.2) is 89.4 Å². The van der Waals surface area contributed by atoms with E-state index in [0.717, 1.165) is 26.7 Å². The molecule has 0 aromatic heterocycles. The standard InChI is InChI=1S/C32H28BrClN2O5/c1-20(37)31(32(38)39)36-17-25-14-27(34)29(15-28(25)40-18-22-8-5-7-21(13-22)16-35)41-19-24-11-6-12-26(30(24)33)23-9-3-2-4-10-23/h2-15,20,31,36-37H,17-19H2,1H3,(H,38,39)/t20-,31+/m1/s1. The number of carbonyl (C=O) groups is 1. The third-order valence-electron chi connectivity index (χ3n) is 6.37. The topological polar surface area (TPSA) is 112 Å². The van der Waals surface area contributed by atoms with E-state index in [0.29, 0.717) is 27.6 Å². The van der Waals surface area contributed by atoms with Gasteiger partial charge in [-0.15, -0.1) is 0 Å². The molecule has 0 bridgehead atoms. The smallest absolute Gasteiger partial charge is 0.323 e. The molecule has 7 nitrogen and oxygen atoms in total. The Balaban J connectivity index is 1.59. The van der Waals surface area contributed by atoms with Gasteiger partial charge in [0.05, 0.1) is 22.8 Å². The van der Waals surface area contributed by atoms with Crippen molar-refractivity contribution < 1.29 is 24.5 Å². The highest BCUT2D eigenvalue weighted by Crippen LogP contribution is 2.36. The van der Waals surface area contributed by atoms with Crippen LogP contribution >= 0.6 is 27.5 Å². The highest BCUT2D eigenvalue weighted by molar-refractivity contribution is 9.10. The summed E-state index contributed by atoms with van der Waals surface area (Å²) in [6.07, 6.45) is -1.12. The van der Waals surface area contributed by atoms with Gasteiger partial charge in [0, 0.05) is 28.2 Å². The number of nitrogens with zero attached hydrogens (tertiary/aromatic N) is 1. The Morgan fingerprint density at radius 2 is 1.71 bits per heavy atom. The van der Waals surface area contributed by atoms with Crippen LogP contribution < -0.4 is 14.8 Å². The van der Waals surface area contributed by atoms with Gasteiger partial charge in [0.15, 0.2) is 0 Å². The number of hydrogen-bond acceptors (Lipinski definition) is 6. The largest absolute Gasteiger partial charge is 0.488 e. The van der Waals surface area contributed by atoms with Crippen molar-refractivity contribution in [3.63, 3.8) is 0 Å². The van der Waals surface area contributed by atoms with E-state index in [1.807, 2.05) is 54.6 Å². The molecule has 210 valence electrons. The lowest BCUT2D eigenvalue weighted by Crippen LogP contribution is -2.44. The minimum absolute atomic E-state index is 0.0695. The first kappa shape index (κ1) is 30.1. The molecule has 0 unspecified atom stereocenters. The van der Waals surface area contributed by atoms with E-state index in [4.69, 9.17) is 21.1 Å². The summed E-state index contributed by atoms with van der Waals surface area (Å²) in [5.41, 5.74) is 4.91. The first-order valence-corrected chi connectivity index (χ1v) is 14.0. The van der Waals surface area contributed by atoms with E-state index in [2.05, 4.69) is 27.3 Å². The molecule has 4 aromatic carbocycles. The molecule has 0 saturated heterocycles. The van der Waals surface area contributed by atoms with Crippen LogP contribution in [0.3, 0.4) is 0 Å². The number of rotatable bonds is 12. The number of aliphatic hydroxyl groups excluding tert-OH is 1. The fourth-order valence-electron chi connectivity index (χ4n) is 4.22. The second kappa shape index (κ2) is 14.2. The van der Waals surface area contributed by atoms with E-state index in [1.54, 1.807) is 30.3 Å². The molecule has 0 aliphatic rings. The monoisotopic (exact) mass is 634 g/mol. The zero-order chi connectivity index (χ0) is 29.4. The van der Waals surface area contributed by atoms with Crippen molar-refractivity contribution in [1.82, 2.24) is 5.32 Å². The number of halogens is 2. The van der Waals surface area contributed by atoms with Crippen molar-refractivity contribution in [2.45, 2.75) is 38.8 Å². The molecule has 0 aliphatic heterocycles. The molecule has 4 rings (SSSR count). The highest BCUT2D eigenvalue weighted by Gasteiger charge is 2.23. The summed E-state index contributed by atoms with van der Waals surface area (Å²) in [6.45, 7) is 1.86. The number of nitrogens with one attached hydrogen (secondary N) is 1. The molecule has 0 radical (unpaired) electrons. The van der Waals surface area contributed by atoms with E-state index in [9.17, 15) is 20.3 Å². The zero-order valence-corrected chi connectivity index (χ0v) is 24.5. The van der Waals surface area contributed by atoms with E-state index in [-0.39, 0.29) is 19.8 Å². The molecule has 0 fully saturated rings. The summed E-state index contributed by atoms with van der Waals surface area (Å²) in [7, 11) is 0. The number of nitriles is 1. The fourth-order valence-corrected chi connectivity index (χ4v) is 5.07. The second-order valence-electron chi connectivity index (χ2n) is 9.36. The van der Waals surface area contributed by atoms with Gasteiger partial charge in [0.25, 0.3) is 0 Å². The molecule has 9 heteroatoms. The number of aliphatic carboxylic acids is 1. The van der Waals surface area contributed by atoms with Gasteiger partial charge in [-0.3, -0.25) is 10.1 Å². The Kier molecular flexibility index (Phi) is 10.4. The molecule has 0 spiro atoms. The lowest BCUT2D eigenvalue weighted by atomic mass is 10.0. The summed E-state index contributed by atoms with van der Waals surface area (Å²) in [5, 5.41) is 31.7. The van der Waals surface area contributed by atoms with E-state index < -0.39 is 18.1 Å². The molecule has 3 N–H and O–H groups in total. The maximum absolute atomic E-state index is 11.6. The van der Waals surface area contributed by atoms with Crippen molar-refractivity contribution in [3.05, 3.63) is 117 Å². The van der Waals surface area contributed by atoms with Crippen LogP contribution in [-0.2, 0) is 24.6 Å². The highest BCUT2D eigenvalue weighted by atomic mass is 79.9. The van der Waals surface area contributed by atoms with Crippen LogP contribution in [0.1, 0.15) is 29.2 Å². The summed E-state index contributed by atoms with van der Waals surface area (Å²) in [4.78, 5) is 11.6. The van der Waals surface area contributed by atoms with Crippen LogP contribution in [-0.4, -0.2) is 28.3 Å². The van der Waals surface area contributed by atoms with Crippen molar-refractivity contribution in [1.29, 1.82) is 5.26 Å². The number of carboxylic acid groups (broad SMARTS) is 1. The predicted molar refractivity (Wildman–Crippen MR) is 161 cm³/mol. The molecular formula is C32H28BrClN2O5. The van der Waals surface area contributed by atoms with Crippen LogP contribution in [0, 0.1) is 11.3 Å². The van der Waals surface area contributed by atoms with Gasteiger partial charge in [-0.05, 0) is 57.7 Å². The van der Waals surface area contributed by atoms with Crippen molar-refractivity contribution in [2.24, 2.45) is 0 Å². The van der Waals surface area contributed by atoms with Crippen molar-refractivity contribution >= 4 is 33.5 Å². The minimum atomic E-state index is -1.18. The average Bonchev–Trinajstić information content (AvgIpc) is 2.97. The quantitative estimate of drug-likeness (QED) is 0.158. The molecular weight excluding hydrogens is 608 g/mol. The molecule has 41 heavy (non-hydrogen) atoms. The Labute approximate surface area is 252 Å². The Morgan fingerprint density at radius 1 is 0.976 bits per heavy atom. The number of aliphatic hydroxyl groups is 1. The average molecular weight is 636 g/mol. The van der Waals surface area contributed by atoms with Crippen LogP contribution in [0.4, 0.5) is 0 Å². The summed E-state index contributed by atoms with van der Waals surface area (Å²) in [6, 6.07) is 27.3. The minimum Gasteiger partial charge on any atom is -0.488 e. The first-order valence-electron chi connectivity index (χ1n) is 12.8. The Morgan fingerprint density at radius 3 is 2.41 bits per heavy atom. The summed E-state index contributed by atoms with van der Waals surface area (Å²) in [5.74, 6) is -0.366. The molecule has 0 aliphatic carbocycles. The van der Waals surface area contributed by atoms with Gasteiger partial charge in [0.2, 0.25) is 0 Å². The number of hydrogen-bond donors (Lipinski definition) is 3. The van der Waals surface area contributed by atoms with Gasteiger partial charge >= 0.3 is 5.97 Å². The SMILES string of the molecule is C[C@@H](O)[C@H](NCc1cc(Cl)c(OCc2cccc(-c3ccccc3)c2Br)cc1OCc1cccc(C#N)c1)C(=O)O. The van der Waals surface area contributed by atoms with Gasteiger partial charge in [-0.2, -0.15) is 5.26 Å². The fraction of sp³-hybridized carbons (Fsp3) is 0.188. The van der Waals surface area contributed by atoms with Gasteiger partial charge in [-0.1, -0.05) is 72.3 Å². The van der Waals surface area contributed by atoms with Crippen LogP contribution in [0.25, 0.3) is 11.1 Å². The summed E-state index contributed by atoms with van der Waals surface area (Å²) >= 11 is 10.3. The summed E-state index contributed by atoms with van der Waals surface area (Å²) < 4.78 is 13.2. The Hall–Kier alpha value is -3.87.